The van der Waals surface area contributed by atoms with E-state index in [1.54, 1.807) is 24.3 Å². The summed E-state index contributed by atoms with van der Waals surface area (Å²) in [5.41, 5.74) is 2.87. The molecule has 0 bridgehead atoms. The average molecular weight is 582 g/mol. The van der Waals surface area contributed by atoms with Gasteiger partial charge in [-0.2, -0.15) is 0 Å². The zero-order valence-electron chi connectivity index (χ0n) is 19.7. The number of nitrogens with one attached hydrogen (secondary N) is 1. The molecule has 1 heterocycles. The van der Waals surface area contributed by atoms with Crippen LogP contribution in [0.3, 0.4) is 0 Å². The fraction of sp³-hybridized carbons (Fsp3) is 0.143. The van der Waals surface area contributed by atoms with Gasteiger partial charge in [0.15, 0.2) is 0 Å². The molecule has 3 aromatic carbocycles. The monoisotopic (exact) mass is 581 g/mol. The van der Waals surface area contributed by atoms with Gasteiger partial charge in [-0.15, -0.1) is 0 Å². The second-order valence-corrected chi connectivity index (χ2v) is 9.75. The van der Waals surface area contributed by atoms with Gasteiger partial charge in [-0.05, 0) is 75.4 Å². The van der Waals surface area contributed by atoms with E-state index < -0.39 is 11.9 Å². The van der Waals surface area contributed by atoms with Crippen molar-refractivity contribution >= 4 is 56.9 Å². The molecule has 0 radical (unpaired) electrons. The topological polar surface area (TPSA) is 110 Å². The Hall–Kier alpha value is -3.69. The molecule has 1 fully saturated rings. The Morgan fingerprint density at radius 2 is 1.49 bits per heavy atom. The minimum Gasteiger partial charge on any atom is -0.481 e. The Morgan fingerprint density at radius 1 is 0.892 bits per heavy atom. The van der Waals surface area contributed by atoms with E-state index in [1.807, 2.05) is 60.7 Å². The standard InChI is InChI=1S/C19H14BrNO4S.C9H10O2/c20-14-10-13(11-16-18(23)21-19(24)26-16)6-8-15(14)25-17(22)9-7-12-4-2-1-3-5-12;10-9(11)7-6-8-4-2-1-3-5-8/h1-6,8,10-11H,7,9H2,(H,21,23,24);1-5H,6-7H2,(H,10,11)/b16-11-;. The summed E-state index contributed by atoms with van der Waals surface area (Å²) < 4.78 is 5.98. The van der Waals surface area contributed by atoms with Gasteiger partial charge in [0.1, 0.15) is 5.75 Å². The van der Waals surface area contributed by atoms with Crippen molar-refractivity contribution in [3.8, 4) is 5.75 Å². The number of amides is 2. The number of carbonyl (C=O) groups is 4. The van der Waals surface area contributed by atoms with Crippen molar-refractivity contribution < 1.29 is 29.0 Å². The lowest BCUT2D eigenvalue weighted by atomic mass is 10.1. The number of benzene rings is 3. The van der Waals surface area contributed by atoms with E-state index in [0.29, 0.717) is 33.5 Å². The molecular weight excluding hydrogens is 558 g/mol. The molecule has 0 unspecified atom stereocenters. The largest absolute Gasteiger partial charge is 0.481 e. The molecule has 9 heteroatoms. The van der Waals surface area contributed by atoms with Gasteiger partial charge in [-0.25, -0.2) is 0 Å². The van der Waals surface area contributed by atoms with Gasteiger partial charge < -0.3 is 9.84 Å². The summed E-state index contributed by atoms with van der Waals surface area (Å²) in [6.07, 6.45) is 3.33. The second-order valence-electron chi connectivity index (χ2n) is 7.88. The summed E-state index contributed by atoms with van der Waals surface area (Å²) in [4.78, 5) is 45.3. The van der Waals surface area contributed by atoms with Gasteiger partial charge in [0.05, 0.1) is 9.38 Å². The molecule has 0 aromatic heterocycles. The highest BCUT2D eigenvalue weighted by molar-refractivity contribution is 9.10. The molecule has 7 nitrogen and oxygen atoms in total. The van der Waals surface area contributed by atoms with Gasteiger partial charge >= 0.3 is 11.9 Å². The van der Waals surface area contributed by atoms with E-state index in [4.69, 9.17) is 9.84 Å². The Labute approximate surface area is 227 Å². The summed E-state index contributed by atoms with van der Waals surface area (Å²) in [7, 11) is 0. The third kappa shape index (κ3) is 9.70. The Bertz CT molecular complexity index is 1290. The van der Waals surface area contributed by atoms with E-state index in [0.717, 1.165) is 22.9 Å². The van der Waals surface area contributed by atoms with E-state index in [-0.39, 0.29) is 24.1 Å². The van der Waals surface area contributed by atoms with Crippen molar-refractivity contribution in [1.29, 1.82) is 0 Å². The van der Waals surface area contributed by atoms with E-state index in [9.17, 15) is 19.2 Å². The number of halogens is 1. The third-order valence-electron chi connectivity index (χ3n) is 5.05. The van der Waals surface area contributed by atoms with Crippen LogP contribution >= 0.6 is 27.7 Å². The molecule has 0 atom stereocenters. The molecule has 37 heavy (non-hydrogen) atoms. The van der Waals surface area contributed by atoms with Crippen molar-refractivity contribution in [3.05, 3.63) is 105 Å². The number of hydrogen-bond donors (Lipinski definition) is 2. The molecule has 4 rings (SSSR count). The van der Waals surface area contributed by atoms with Crippen molar-refractivity contribution in [1.82, 2.24) is 5.32 Å². The number of carboxylic acids is 1. The second kappa shape index (κ2) is 14.2. The Balaban J connectivity index is 0.000000289. The molecule has 2 N–H and O–H groups in total. The summed E-state index contributed by atoms with van der Waals surface area (Å²) >= 11 is 4.22. The van der Waals surface area contributed by atoms with Crippen LogP contribution in [-0.4, -0.2) is 28.2 Å². The van der Waals surface area contributed by atoms with Crippen LogP contribution in [-0.2, 0) is 27.2 Å². The number of aliphatic carboxylic acids is 1. The highest BCUT2D eigenvalue weighted by atomic mass is 79.9. The maximum Gasteiger partial charge on any atom is 0.311 e. The normalized spacial score (nSPS) is 13.5. The van der Waals surface area contributed by atoms with Crippen molar-refractivity contribution in [2.45, 2.75) is 25.7 Å². The minimum absolute atomic E-state index is 0.212. The molecule has 2 amide bonds. The SMILES string of the molecule is O=C(CCc1ccccc1)Oc1ccc(/C=C2\SC(=O)NC2=O)cc1Br.O=C(O)CCc1ccccc1. The van der Waals surface area contributed by atoms with Crippen LogP contribution < -0.4 is 10.1 Å². The number of rotatable bonds is 8. The molecule has 1 saturated heterocycles. The number of carbonyl (C=O) groups excluding carboxylic acids is 3. The van der Waals surface area contributed by atoms with E-state index in [1.165, 1.54) is 0 Å². The van der Waals surface area contributed by atoms with E-state index >= 15 is 0 Å². The molecule has 190 valence electrons. The smallest absolute Gasteiger partial charge is 0.311 e. The highest BCUT2D eigenvalue weighted by Gasteiger charge is 2.25. The molecule has 0 spiro atoms. The van der Waals surface area contributed by atoms with Crippen molar-refractivity contribution in [2.24, 2.45) is 0 Å². The number of aryl methyl sites for hydroxylation is 2. The number of hydrogen-bond acceptors (Lipinski definition) is 6. The highest BCUT2D eigenvalue weighted by Crippen LogP contribution is 2.30. The quantitative estimate of drug-likeness (QED) is 0.190. The van der Waals surface area contributed by atoms with Crippen molar-refractivity contribution in [3.63, 3.8) is 0 Å². The van der Waals surface area contributed by atoms with Crippen LogP contribution in [0.1, 0.15) is 29.5 Å². The minimum atomic E-state index is -0.742. The zero-order chi connectivity index (χ0) is 26.6. The van der Waals surface area contributed by atoms with Gasteiger partial charge in [0.25, 0.3) is 11.1 Å². The van der Waals surface area contributed by atoms with Crippen LogP contribution in [0.25, 0.3) is 6.08 Å². The van der Waals surface area contributed by atoms with Gasteiger partial charge in [0, 0.05) is 12.8 Å². The number of thioether (sulfide) groups is 1. The van der Waals surface area contributed by atoms with Crippen molar-refractivity contribution in [2.75, 3.05) is 0 Å². The van der Waals surface area contributed by atoms with Gasteiger partial charge in [-0.3, -0.25) is 24.5 Å². The number of imide groups is 1. The zero-order valence-corrected chi connectivity index (χ0v) is 22.1. The van der Waals surface area contributed by atoms with E-state index in [2.05, 4.69) is 21.2 Å². The first-order chi connectivity index (χ1) is 17.8. The molecule has 3 aromatic rings. The first kappa shape index (κ1) is 27.9. The lowest BCUT2D eigenvalue weighted by molar-refractivity contribution is -0.137. The fourth-order valence-electron chi connectivity index (χ4n) is 3.22. The summed E-state index contributed by atoms with van der Waals surface area (Å²) in [5.74, 6) is -1.07. The van der Waals surface area contributed by atoms with Crippen LogP contribution in [0.5, 0.6) is 5.75 Å². The average Bonchev–Trinajstić information content (AvgIpc) is 3.21. The first-order valence-electron chi connectivity index (χ1n) is 11.3. The third-order valence-corrected chi connectivity index (χ3v) is 6.48. The molecule has 0 saturated carbocycles. The van der Waals surface area contributed by atoms with Crippen LogP contribution in [0, 0.1) is 0 Å². The first-order valence-corrected chi connectivity index (χ1v) is 13.0. The maximum absolute atomic E-state index is 12.0. The van der Waals surface area contributed by atoms with Crippen LogP contribution in [0.2, 0.25) is 0 Å². The molecular formula is C28H24BrNO6S. The predicted molar refractivity (Wildman–Crippen MR) is 146 cm³/mol. The number of esters is 1. The lowest BCUT2D eigenvalue weighted by Crippen LogP contribution is -2.17. The van der Waals surface area contributed by atoms with Crippen LogP contribution in [0.15, 0.2) is 88.2 Å². The summed E-state index contributed by atoms with van der Waals surface area (Å²) in [6, 6.07) is 24.4. The van der Waals surface area contributed by atoms with Crippen LogP contribution in [0.4, 0.5) is 4.79 Å². The predicted octanol–water partition coefficient (Wildman–Crippen LogP) is 6.02. The summed E-state index contributed by atoms with van der Waals surface area (Å²) in [6.45, 7) is 0. The van der Waals surface area contributed by atoms with Gasteiger partial charge in [-0.1, -0.05) is 66.7 Å². The molecule has 0 aliphatic carbocycles. The number of ether oxygens (including phenoxy) is 1. The number of carboxylic acid groups (broad SMARTS) is 1. The summed E-state index contributed by atoms with van der Waals surface area (Å²) in [5, 5.41) is 10.2. The lowest BCUT2D eigenvalue weighted by Gasteiger charge is -2.07. The Kier molecular flexibility index (Phi) is 10.7. The fourth-order valence-corrected chi connectivity index (χ4v) is 4.38. The van der Waals surface area contributed by atoms with Gasteiger partial charge in [0.2, 0.25) is 0 Å². The molecule has 1 aliphatic heterocycles. The Morgan fingerprint density at radius 3 is 2.00 bits per heavy atom. The molecule has 1 aliphatic rings. The maximum atomic E-state index is 12.0.